The van der Waals surface area contributed by atoms with E-state index in [2.05, 4.69) is 37.8 Å². The van der Waals surface area contributed by atoms with Gasteiger partial charge in [0.1, 0.15) is 0 Å². The minimum absolute atomic E-state index is 1.00. The highest BCUT2D eigenvalue weighted by molar-refractivity contribution is 6.93. The van der Waals surface area contributed by atoms with Crippen molar-refractivity contribution in [1.29, 1.82) is 0 Å². The molecule has 1 aromatic carbocycles. The van der Waals surface area contributed by atoms with E-state index in [1.165, 1.54) is 5.19 Å². The van der Waals surface area contributed by atoms with Crippen molar-refractivity contribution < 1.29 is 0 Å². The molecule has 0 radical (unpaired) electrons. The molecule has 0 unspecified atom stereocenters. The Morgan fingerprint density at radius 3 is 1.94 bits per heavy atom. The molecular formula is C17H20Si. The summed E-state index contributed by atoms with van der Waals surface area (Å²) in [7, 11) is -1.73. The number of hydrogen-bond donors (Lipinski definition) is 0. The van der Waals surface area contributed by atoms with Gasteiger partial charge in [-0.05, 0) is 29.4 Å². The van der Waals surface area contributed by atoms with Gasteiger partial charge in [-0.2, -0.15) is 0 Å². The molecule has 0 saturated carbocycles. The number of terminal acetylenes is 1. The van der Waals surface area contributed by atoms with Gasteiger partial charge in [0.25, 0.3) is 0 Å². The van der Waals surface area contributed by atoms with Crippen molar-refractivity contribution in [1.82, 2.24) is 0 Å². The fraction of sp³-hybridized carbons (Fsp3) is 0.176. The van der Waals surface area contributed by atoms with E-state index in [0.717, 1.165) is 23.7 Å². The van der Waals surface area contributed by atoms with Crippen LogP contribution >= 0.6 is 0 Å². The summed E-state index contributed by atoms with van der Waals surface area (Å²) in [5.41, 5.74) is 1.01. The molecular weight excluding hydrogens is 232 g/mol. The quantitative estimate of drug-likeness (QED) is 0.392. The normalized spacial score (nSPS) is 10.4. The first kappa shape index (κ1) is 14.3. The van der Waals surface area contributed by atoms with Crippen molar-refractivity contribution in [3.63, 3.8) is 0 Å². The van der Waals surface area contributed by atoms with Crippen LogP contribution < -0.4 is 5.19 Å². The van der Waals surface area contributed by atoms with Crippen molar-refractivity contribution in [2.24, 2.45) is 0 Å². The molecule has 0 aliphatic carbocycles. The van der Waals surface area contributed by atoms with Crippen LogP contribution in [0, 0.1) is 12.3 Å². The Morgan fingerprint density at radius 1 is 1.00 bits per heavy atom. The van der Waals surface area contributed by atoms with Crippen LogP contribution in [0.5, 0.6) is 0 Å². The summed E-state index contributed by atoms with van der Waals surface area (Å²) >= 11 is 0. The second-order valence-corrected chi connectivity index (χ2v) is 8.77. The molecule has 0 saturated heterocycles. The molecule has 0 bridgehead atoms. The minimum atomic E-state index is -1.73. The van der Waals surface area contributed by atoms with Gasteiger partial charge in [-0.3, -0.25) is 0 Å². The van der Waals surface area contributed by atoms with Gasteiger partial charge >= 0.3 is 0 Å². The number of benzene rings is 1. The van der Waals surface area contributed by atoms with Gasteiger partial charge in [-0.1, -0.05) is 42.3 Å². The van der Waals surface area contributed by atoms with Gasteiger partial charge in [0.2, 0.25) is 0 Å². The van der Waals surface area contributed by atoms with Crippen LogP contribution in [0.15, 0.2) is 62.2 Å². The Bertz CT molecular complexity index is 450. The molecule has 0 atom stereocenters. The average Bonchev–Trinajstić information content (AvgIpc) is 2.39. The van der Waals surface area contributed by atoms with Gasteiger partial charge in [0, 0.05) is 5.56 Å². The lowest BCUT2D eigenvalue weighted by Crippen LogP contribution is -2.47. The fourth-order valence-electron chi connectivity index (χ4n) is 2.48. The molecule has 1 heteroatoms. The largest absolute Gasteiger partial charge is 0.115 e. The van der Waals surface area contributed by atoms with Crippen molar-refractivity contribution in [2.75, 3.05) is 0 Å². The van der Waals surface area contributed by atoms with E-state index < -0.39 is 8.07 Å². The van der Waals surface area contributed by atoms with Gasteiger partial charge < -0.3 is 0 Å². The lowest BCUT2D eigenvalue weighted by atomic mass is 10.2. The Balaban J connectivity index is 3.39. The average molecular weight is 252 g/mol. The molecule has 1 rings (SSSR count). The minimum Gasteiger partial charge on any atom is -0.115 e. The third kappa shape index (κ3) is 2.91. The molecule has 0 N–H and O–H groups in total. The molecule has 92 valence electrons. The van der Waals surface area contributed by atoms with E-state index in [1.807, 2.05) is 30.4 Å². The van der Waals surface area contributed by atoms with Crippen molar-refractivity contribution in [2.45, 2.75) is 18.1 Å². The Morgan fingerprint density at radius 2 is 1.50 bits per heavy atom. The highest BCUT2D eigenvalue weighted by Crippen LogP contribution is 2.24. The first-order chi connectivity index (χ1) is 8.74. The van der Waals surface area contributed by atoms with Gasteiger partial charge in [0.15, 0.2) is 0 Å². The zero-order valence-electron chi connectivity index (χ0n) is 10.9. The SMILES string of the molecule is C#Cc1ccccc1[Si](CC=C)(CC=C)CC=C. The lowest BCUT2D eigenvalue weighted by molar-refractivity contribution is 1.38. The molecule has 0 nitrogen and oxygen atoms in total. The molecule has 0 amide bonds. The summed E-state index contributed by atoms with van der Waals surface area (Å²) in [4.78, 5) is 0. The summed E-state index contributed by atoms with van der Waals surface area (Å²) in [6.45, 7) is 11.7. The molecule has 0 fully saturated rings. The summed E-state index contributed by atoms with van der Waals surface area (Å²) in [6.07, 6.45) is 11.6. The van der Waals surface area contributed by atoms with Crippen LogP contribution in [0.25, 0.3) is 0 Å². The Labute approximate surface area is 112 Å². The third-order valence-corrected chi connectivity index (χ3v) is 8.05. The topological polar surface area (TPSA) is 0 Å². The zero-order valence-corrected chi connectivity index (χ0v) is 11.9. The van der Waals surface area contributed by atoms with Crippen molar-refractivity contribution >= 4 is 13.3 Å². The third-order valence-electron chi connectivity index (χ3n) is 3.26. The number of hydrogen-bond acceptors (Lipinski definition) is 0. The second kappa shape index (κ2) is 6.83. The van der Waals surface area contributed by atoms with Crippen LogP contribution in [0.2, 0.25) is 18.1 Å². The summed E-state index contributed by atoms with van der Waals surface area (Å²) in [6, 6.07) is 11.3. The molecule has 1 aromatic rings. The monoisotopic (exact) mass is 252 g/mol. The molecule has 0 aliphatic heterocycles. The predicted molar refractivity (Wildman–Crippen MR) is 84.8 cm³/mol. The lowest BCUT2D eigenvalue weighted by Gasteiger charge is -2.30. The first-order valence-corrected chi connectivity index (χ1v) is 8.75. The second-order valence-electron chi connectivity index (χ2n) is 4.45. The molecule has 0 aliphatic rings. The van der Waals surface area contributed by atoms with E-state index in [0.29, 0.717) is 0 Å². The maximum absolute atomic E-state index is 5.63. The fourth-order valence-corrected chi connectivity index (χ4v) is 6.47. The highest BCUT2D eigenvalue weighted by Gasteiger charge is 2.32. The number of rotatable bonds is 7. The van der Waals surface area contributed by atoms with Crippen LogP contribution in [0.4, 0.5) is 0 Å². The molecule has 0 heterocycles. The van der Waals surface area contributed by atoms with Gasteiger partial charge in [-0.25, -0.2) is 0 Å². The van der Waals surface area contributed by atoms with Crippen LogP contribution in [0.1, 0.15) is 5.56 Å². The van der Waals surface area contributed by atoms with E-state index in [-0.39, 0.29) is 0 Å². The molecule has 0 aromatic heterocycles. The summed E-state index contributed by atoms with van der Waals surface area (Å²) in [5.74, 6) is 2.81. The van der Waals surface area contributed by atoms with E-state index in [4.69, 9.17) is 6.42 Å². The molecule has 0 spiro atoms. The zero-order chi connectivity index (χ0) is 13.4. The van der Waals surface area contributed by atoms with Gasteiger partial charge in [0.05, 0.1) is 8.07 Å². The van der Waals surface area contributed by atoms with Crippen LogP contribution in [0.3, 0.4) is 0 Å². The standard InChI is InChI=1S/C17H20Si/c1-5-13-18(14-6-2,15-7-3)17-12-10-9-11-16(17)8-4/h4-7,9-12H,1-3,13-15H2. The first-order valence-electron chi connectivity index (χ1n) is 6.13. The van der Waals surface area contributed by atoms with E-state index in [1.54, 1.807) is 0 Å². The summed E-state index contributed by atoms with van der Waals surface area (Å²) < 4.78 is 0. The van der Waals surface area contributed by atoms with Gasteiger partial charge in [-0.15, -0.1) is 26.2 Å². The maximum atomic E-state index is 5.63. The Hall–Kier alpha value is -1.78. The molecule has 18 heavy (non-hydrogen) atoms. The van der Waals surface area contributed by atoms with Crippen molar-refractivity contribution in [3.8, 4) is 12.3 Å². The van der Waals surface area contributed by atoms with Crippen molar-refractivity contribution in [3.05, 3.63) is 67.8 Å². The van der Waals surface area contributed by atoms with Crippen LogP contribution in [-0.2, 0) is 0 Å². The predicted octanol–water partition coefficient (Wildman–Crippen LogP) is 3.88. The summed E-state index contributed by atoms with van der Waals surface area (Å²) in [5, 5.41) is 1.33. The maximum Gasteiger partial charge on any atom is 0.0993 e. The highest BCUT2D eigenvalue weighted by atomic mass is 28.3. The smallest absolute Gasteiger partial charge is 0.0993 e. The van der Waals surface area contributed by atoms with Crippen LogP contribution in [-0.4, -0.2) is 8.07 Å². The van der Waals surface area contributed by atoms with E-state index >= 15 is 0 Å². The Kier molecular flexibility index (Phi) is 5.42. The number of allylic oxidation sites excluding steroid dienone is 3. The van der Waals surface area contributed by atoms with E-state index in [9.17, 15) is 0 Å².